The van der Waals surface area contributed by atoms with Crippen LogP contribution in [0.4, 0.5) is 10.5 Å². The molecule has 10 heteroatoms. The maximum atomic E-state index is 12.9. The van der Waals surface area contributed by atoms with Crippen molar-refractivity contribution in [2.75, 3.05) is 50.9 Å². The van der Waals surface area contributed by atoms with Gasteiger partial charge in [-0.15, -0.1) is 11.8 Å². The monoisotopic (exact) mass is 494 g/mol. The Bertz CT molecular complexity index is 1020. The number of nitrogens with one attached hydrogen (secondary N) is 2. The van der Waals surface area contributed by atoms with Gasteiger partial charge >= 0.3 is 6.09 Å². The van der Waals surface area contributed by atoms with Crippen LogP contribution in [-0.2, 0) is 10.2 Å². The van der Waals surface area contributed by atoms with Gasteiger partial charge in [-0.25, -0.2) is 14.3 Å². The number of thioether (sulfide) groups is 1. The van der Waals surface area contributed by atoms with E-state index in [0.29, 0.717) is 52.2 Å². The van der Waals surface area contributed by atoms with Crippen molar-refractivity contribution in [1.82, 2.24) is 9.55 Å². The highest BCUT2D eigenvalue weighted by Crippen LogP contribution is 2.35. The quantitative estimate of drug-likeness (QED) is 0.285. The van der Waals surface area contributed by atoms with Crippen LogP contribution in [0.3, 0.4) is 0 Å². The Balaban J connectivity index is 2.09. The Hall–Kier alpha value is -1.72. The Labute approximate surface area is 205 Å². The minimum Gasteiger partial charge on any atom is -0.634 e. The molecule has 182 valence electrons. The third kappa shape index (κ3) is 5.68. The minimum atomic E-state index is -0.430. The molecule has 0 saturated carbocycles. The van der Waals surface area contributed by atoms with Crippen LogP contribution in [0.1, 0.15) is 46.9 Å². The summed E-state index contributed by atoms with van der Waals surface area (Å²) >= 11 is 7.56. The number of imidazole rings is 1. The molecule has 1 aliphatic heterocycles. The number of hydroxylamine groups is 2. The molecule has 1 aliphatic rings. The zero-order valence-electron chi connectivity index (χ0n) is 20.5. The first-order valence-corrected chi connectivity index (χ1v) is 12.9. The molecule has 1 aromatic heterocycles. The number of carbonyl (C=O) groups is 1. The number of hydrogen-bond acceptors (Lipinski definition) is 6. The number of rotatable bonds is 5. The van der Waals surface area contributed by atoms with Crippen LogP contribution < -0.4 is 10.4 Å². The molecule has 1 saturated heterocycles. The van der Waals surface area contributed by atoms with E-state index in [4.69, 9.17) is 21.9 Å². The van der Waals surface area contributed by atoms with E-state index >= 15 is 0 Å². The average Bonchev–Trinajstić information content (AvgIpc) is 3.13. The van der Waals surface area contributed by atoms with Crippen LogP contribution in [0.25, 0.3) is 11.0 Å². The van der Waals surface area contributed by atoms with E-state index in [0.717, 1.165) is 28.3 Å². The Morgan fingerprint density at radius 3 is 2.58 bits per heavy atom. The second-order valence-electron chi connectivity index (χ2n) is 9.72. The van der Waals surface area contributed by atoms with Crippen molar-refractivity contribution in [3.8, 4) is 0 Å². The zero-order valence-corrected chi connectivity index (χ0v) is 22.1. The van der Waals surface area contributed by atoms with E-state index in [1.54, 1.807) is 23.3 Å². The summed E-state index contributed by atoms with van der Waals surface area (Å²) in [5, 5.41) is 16.2. The number of fused-ring (bicyclic) bond motifs is 1. The van der Waals surface area contributed by atoms with Crippen LogP contribution in [0.2, 0.25) is 0 Å². The topological polar surface area (TPSA) is 83.7 Å². The lowest BCUT2D eigenvalue weighted by molar-refractivity contribution is -0.950. The minimum absolute atomic E-state index is 0.288. The van der Waals surface area contributed by atoms with E-state index in [1.165, 1.54) is 0 Å². The lowest BCUT2D eigenvalue weighted by atomic mass is 9.96. The van der Waals surface area contributed by atoms with Crippen LogP contribution >= 0.6 is 24.0 Å². The molecule has 2 heterocycles. The molecule has 3 rings (SSSR count). The molecule has 33 heavy (non-hydrogen) atoms. The highest BCUT2D eigenvalue weighted by atomic mass is 32.2. The van der Waals surface area contributed by atoms with Gasteiger partial charge in [-0.1, -0.05) is 27.7 Å². The molecular formula is C23H36N5O3S2+. The number of carbonyl (C=O) groups excluding carboxylic acids is 1. The van der Waals surface area contributed by atoms with Crippen molar-refractivity contribution in [3.05, 3.63) is 23.2 Å². The molecule has 0 amide bonds. The SMILES string of the molecule is CCCSc1cc2nc(C(C)(C)C)n(C(=O)OCC)c2cc1NC(=S)[N+]1(C)CC[NH+]([O-])CC1. The average molecular weight is 495 g/mol. The first kappa shape index (κ1) is 25.9. The first-order chi connectivity index (χ1) is 15.5. The predicted octanol–water partition coefficient (Wildman–Crippen LogP) is 3.38. The predicted molar refractivity (Wildman–Crippen MR) is 138 cm³/mol. The standard InChI is InChI=1S/C23H35N5O3S2/c1-7-13-33-19-15-16-18(27(22(29)31-8-2)20(24-16)23(3,4)5)14-17(19)25-21(32)28(6)11-9-26(30)10-12-28/h14-15,26H,7-13H2,1-6H3/p+1. The van der Waals surface area contributed by atoms with Gasteiger partial charge in [-0.3, -0.25) is 4.48 Å². The summed E-state index contributed by atoms with van der Waals surface area (Å²) in [4.78, 5) is 18.8. The molecule has 0 unspecified atom stereocenters. The lowest BCUT2D eigenvalue weighted by Crippen LogP contribution is -3.11. The van der Waals surface area contributed by atoms with Gasteiger partial charge in [-0.05, 0) is 31.2 Å². The van der Waals surface area contributed by atoms with Gasteiger partial charge in [-0.2, -0.15) is 0 Å². The number of benzene rings is 1. The zero-order chi connectivity index (χ0) is 24.4. The molecule has 0 spiro atoms. The molecule has 2 aromatic rings. The summed E-state index contributed by atoms with van der Waals surface area (Å²) in [7, 11) is 2.07. The molecule has 0 bridgehead atoms. The molecule has 0 aliphatic carbocycles. The number of quaternary nitrogens is 2. The summed E-state index contributed by atoms with van der Waals surface area (Å²) < 4.78 is 7.47. The highest BCUT2D eigenvalue weighted by Gasteiger charge is 2.34. The smallest absolute Gasteiger partial charge is 0.419 e. The maximum Gasteiger partial charge on any atom is 0.419 e. The van der Waals surface area contributed by atoms with Crippen molar-refractivity contribution >= 4 is 51.9 Å². The fourth-order valence-electron chi connectivity index (χ4n) is 3.84. The Morgan fingerprint density at radius 2 is 2.00 bits per heavy atom. The van der Waals surface area contributed by atoms with Gasteiger partial charge in [0.25, 0.3) is 5.11 Å². The number of nitrogens with zero attached hydrogens (tertiary/aromatic N) is 3. The number of ether oxygens (including phenoxy) is 1. The maximum absolute atomic E-state index is 12.9. The third-order valence-electron chi connectivity index (χ3n) is 5.84. The molecule has 0 atom stereocenters. The van der Waals surface area contributed by atoms with Gasteiger partial charge in [0, 0.05) is 22.5 Å². The van der Waals surface area contributed by atoms with Gasteiger partial charge < -0.3 is 20.3 Å². The van der Waals surface area contributed by atoms with E-state index in [9.17, 15) is 10.0 Å². The third-order valence-corrected chi connectivity index (χ3v) is 7.64. The number of hydrogen-bond donors (Lipinski definition) is 2. The van der Waals surface area contributed by atoms with Crippen LogP contribution in [0, 0.1) is 5.21 Å². The highest BCUT2D eigenvalue weighted by molar-refractivity contribution is 7.99. The van der Waals surface area contributed by atoms with Crippen LogP contribution in [0.5, 0.6) is 0 Å². The van der Waals surface area contributed by atoms with Crippen molar-refractivity contribution in [2.24, 2.45) is 0 Å². The molecule has 1 aromatic carbocycles. The summed E-state index contributed by atoms with van der Waals surface area (Å²) in [6, 6.07) is 3.99. The van der Waals surface area contributed by atoms with E-state index in [2.05, 4.69) is 19.3 Å². The molecular weight excluding hydrogens is 458 g/mol. The van der Waals surface area contributed by atoms with Gasteiger partial charge in [0.1, 0.15) is 32.0 Å². The van der Waals surface area contributed by atoms with Gasteiger partial charge in [0.2, 0.25) is 0 Å². The summed E-state index contributed by atoms with van der Waals surface area (Å²) in [6.45, 7) is 12.8. The lowest BCUT2D eigenvalue weighted by Gasteiger charge is -2.40. The van der Waals surface area contributed by atoms with Crippen molar-refractivity contribution in [3.63, 3.8) is 0 Å². The largest absolute Gasteiger partial charge is 0.634 e. The summed E-state index contributed by atoms with van der Waals surface area (Å²) in [5.74, 6) is 1.62. The Kier molecular flexibility index (Phi) is 8.06. The fraction of sp³-hybridized carbons (Fsp3) is 0.609. The number of anilines is 1. The number of thiocarbonyl (C=S) groups is 1. The summed E-state index contributed by atoms with van der Waals surface area (Å²) in [6.07, 6.45) is 0.605. The van der Waals surface area contributed by atoms with Crippen molar-refractivity contribution in [1.29, 1.82) is 0 Å². The second-order valence-corrected chi connectivity index (χ2v) is 11.2. The second kappa shape index (κ2) is 10.3. The van der Waals surface area contributed by atoms with E-state index < -0.39 is 6.09 Å². The van der Waals surface area contributed by atoms with Gasteiger partial charge in [0.05, 0.1) is 30.4 Å². The Morgan fingerprint density at radius 1 is 1.33 bits per heavy atom. The van der Waals surface area contributed by atoms with Crippen molar-refractivity contribution in [2.45, 2.75) is 51.3 Å². The van der Waals surface area contributed by atoms with Crippen LogP contribution in [-0.4, -0.2) is 70.8 Å². The normalized spacial score (nSPS) is 21.2. The molecule has 2 N–H and O–H groups in total. The van der Waals surface area contributed by atoms with Gasteiger partial charge in [0.15, 0.2) is 0 Å². The van der Waals surface area contributed by atoms with Crippen molar-refractivity contribution < 1.29 is 19.1 Å². The fourth-order valence-corrected chi connectivity index (χ4v) is 5.02. The molecule has 8 nitrogen and oxygen atoms in total. The first-order valence-electron chi connectivity index (χ1n) is 11.5. The van der Waals surface area contributed by atoms with E-state index in [1.807, 2.05) is 32.9 Å². The molecule has 1 fully saturated rings. The summed E-state index contributed by atoms with van der Waals surface area (Å²) in [5.41, 5.74) is 1.96. The number of likely N-dealkylation sites (N-methyl/N-ethyl adjacent to an activating group) is 1. The molecule has 0 radical (unpaired) electrons. The van der Waals surface area contributed by atoms with Crippen LogP contribution in [0.15, 0.2) is 17.0 Å². The number of aromatic nitrogens is 2. The van der Waals surface area contributed by atoms with E-state index in [-0.39, 0.29) is 12.0 Å². The number of piperazine rings is 1.